The molecule has 3 heteroatoms. The Morgan fingerprint density at radius 2 is 1.72 bits per heavy atom. The minimum atomic E-state index is -0.0662. The van der Waals surface area contributed by atoms with E-state index in [-0.39, 0.29) is 12.5 Å². The van der Waals surface area contributed by atoms with Crippen molar-refractivity contribution >= 4 is 5.91 Å². The molecule has 0 saturated carbocycles. The molecule has 1 aliphatic rings. The maximum absolute atomic E-state index is 11.9. The number of carbonyl (C=O) groups is 1. The highest BCUT2D eigenvalue weighted by Crippen LogP contribution is 2.22. The van der Waals surface area contributed by atoms with E-state index in [4.69, 9.17) is 4.74 Å². The smallest absolute Gasteiger partial charge is 0.257 e. The second-order valence-electron chi connectivity index (χ2n) is 6.39. The third kappa shape index (κ3) is 5.49. The Morgan fingerprint density at radius 3 is 2.44 bits per heavy atom. The van der Waals surface area contributed by atoms with Crippen LogP contribution in [0.15, 0.2) is 66.2 Å². The number of amides is 1. The van der Waals surface area contributed by atoms with E-state index in [1.165, 1.54) is 36.8 Å². The van der Waals surface area contributed by atoms with Gasteiger partial charge in [0, 0.05) is 6.54 Å². The molecule has 0 heterocycles. The summed E-state index contributed by atoms with van der Waals surface area (Å²) < 4.78 is 5.57. The molecular formula is C22H25NO2. The van der Waals surface area contributed by atoms with Crippen molar-refractivity contribution in [2.45, 2.75) is 32.1 Å². The van der Waals surface area contributed by atoms with Gasteiger partial charge in [-0.2, -0.15) is 0 Å². The highest BCUT2D eigenvalue weighted by molar-refractivity contribution is 5.77. The molecule has 0 aliphatic heterocycles. The van der Waals surface area contributed by atoms with Crippen molar-refractivity contribution in [1.82, 2.24) is 5.32 Å². The summed E-state index contributed by atoms with van der Waals surface area (Å²) in [7, 11) is 0. The van der Waals surface area contributed by atoms with E-state index >= 15 is 0 Å². The monoisotopic (exact) mass is 335 g/mol. The predicted octanol–water partition coefficient (Wildman–Crippen LogP) is 4.74. The molecular weight excluding hydrogens is 310 g/mol. The lowest BCUT2D eigenvalue weighted by Gasteiger charge is -2.13. The molecule has 0 saturated heterocycles. The summed E-state index contributed by atoms with van der Waals surface area (Å²) in [6, 6.07) is 18.0. The second kappa shape index (κ2) is 9.07. The average Bonchev–Trinajstić information content (AvgIpc) is 2.68. The minimum Gasteiger partial charge on any atom is -0.484 e. The second-order valence-corrected chi connectivity index (χ2v) is 6.39. The highest BCUT2D eigenvalue weighted by Gasteiger charge is 2.06. The molecule has 1 N–H and O–H groups in total. The molecule has 2 aromatic carbocycles. The Bertz CT molecular complexity index is 705. The zero-order chi connectivity index (χ0) is 17.3. The van der Waals surface area contributed by atoms with Gasteiger partial charge in [-0.25, -0.2) is 0 Å². The summed E-state index contributed by atoms with van der Waals surface area (Å²) in [5.41, 5.74) is 3.78. The zero-order valence-electron chi connectivity index (χ0n) is 14.5. The van der Waals surface area contributed by atoms with E-state index in [1.54, 1.807) is 0 Å². The molecule has 25 heavy (non-hydrogen) atoms. The Balaban J connectivity index is 1.40. The number of carbonyl (C=O) groups excluding carboxylic acids is 1. The van der Waals surface area contributed by atoms with Gasteiger partial charge in [-0.3, -0.25) is 4.79 Å². The molecule has 2 aromatic rings. The van der Waals surface area contributed by atoms with Gasteiger partial charge in [0.25, 0.3) is 5.91 Å². The van der Waals surface area contributed by atoms with E-state index in [0.29, 0.717) is 12.3 Å². The van der Waals surface area contributed by atoms with E-state index in [2.05, 4.69) is 23.5 Å². The van der Waals surface area contributed by atoms with Crippen molar-refractivity contribution in [3.8, 4) is 16.9 Å². The van der Waals surface area contributed by atoms with Crippen molar-refractivity contribution < 1.29 is 9.53 Å². The Labute approximate surface area is 149 Å². The van der Waals surface area contributed by atoms with Gasteiger partial charge in [0.05, 0.1) is 0 Å². The Hall–Kier alpha value is -2.55. The van der Waals surface area contributed by atoms with Crippen LogP contribution in [-0.2, 0) is 4.79 Å². The summed E-state index contributed by atoms with van der Waals surface area (Å²) in [6.45, 7) is 0.755. The number of benzene rings is 2. The number of hydrogen-bond donors (Lipinski definition) is 1. The first-order valence-electron chi connectivity index (χ1n) is 9.04. The van der Waals surface area contributed by atoms with Crippen molar-refractivity contribution in [2.24, 2.45) is 0 Å². The lowest BCUT2D eigenvalue weighted by Crippen LogP contribution is -2.29. The molecule has 0 fully saturated rings. The topological polar surface area (TPSA) is 38.3 Å². The fraction of sp³-hybridized carbons (Fsp3) is 0.318. The Morgan fingerprint density at radius 1 is 0.960 bits per heavy atom. The van der Waals surface area contributed by atoms with Gasteiger partial charge in [0.1, 0.15) is 5.75 Å². The highest BCUT2D eigenvalue weighted by atomic mass is 16.5. The molecule has 0 spiro atoms. The molecule has 3 rings (SSSR count). The van der Waals surface area contributed by atoms with E-state index in [1.807, 2.05) is 42.5 Å². The largest absolute Gasteiger partial charge is 0.484 e. The molecule has 0 radical (unpaired) electrons. The average molecular weight is 335 g/mol. The van der Waals surface area contributed by atoms with Gasteiger partial charge in [0.2, 0.25) is 0 Å². The first-order valence-corrected chi connectivity index (χ1v) is 9.04. The molecule has 1 aliphatic carbocycles. The number of allylic oxidation sites excluding steroid dienone is 1. The van der Waals surface area contributed by atoms with Crippen LogP contribution in [0.2, 0.25) is 0 Å². The number of ether oxygens (including phenoxy) is 1. The first kappa shape index (κ1) is 17.3. The van der Waals surface area contributed by atoms with Crippen LogP contribution in [0.4, 0.5) is 0 Å². The zero-order valence-corrected chi connectivity index (χ0v) is 14.5. The molecule has 130 valence electrons. The van der Waals surface area contributed by atoms with Gasteiger partial charge in [-0.1, -0.05) is 54.1 Å². The maximum atomic E-state index is 11.9. The van der Waals surface area contributed by atoms with E-state index in [0.717, 1.165) is 12.0 Å². The van der Waals surface area contributed by atoms with E-state index in [9.17, 15) is 4.79 Å². The minimum absolute atomic E-state index is 0.0593. The summed E-state index contributed by atoms with van der Waals surface area (Å²) in [4.78, 5) is 11.9. The van der Waals surface area contributed by atoms with Crippen LogP contribution in [0.1, 0.15) is 32.1 Å². The lowest BCUT2D eigenvalue weighted by molar-refractivity contribution is -0.123. The molecule has 0 aromatic heterocycles. The standard InChI is InChI=1S/C22H25NO2/c24-22(23-16-15-18-7-3-1-4-8-18)17-25-21-13-11-20(12-14-21)19-9-5-2-6-10-19/h2,5-7,9-14H,1,3-4,8,15-17H2,(H,23,24). The van der Waals surface area contributed by atoms with Gasteiger partial charge in [-0.15, -0.1) is 0 Å². The van der Waals surface area contributed by atoms with Crippen molar-refractivity contribution in [1.29, 1.82) is 0 Å². The van der Waals surface area contributed by atoms with Crippen LogP contribution in [0.3, 0.4) is 0 Å². The number of hydrogen-bond acceptors (Lipinski definition) is 2. The Kier molecular flexibility index (Phi) is 6.27. The third-order valence-electron chi connectivity index (χ3n) is 4.48. The fourth-order valence-corrected chi connectivity index (χ4v) is 3.07. The van der Waals surface area contributed by atoms with Crippen LogP contribution >= 0.6 is 0 Å². The number of rotatable bonds is 7. The van der Waals surface area contributed by atoms with Crippen LogP contribution in [0.25, 0.3) is 11.1 Å². The van der Waals surface area contributed by atoms with Gasteiger partial charge in [0.15, 0.2) is 6.61 Å². The predicted molar refractivity (Wildman–Crippen MR) is 102 cm³/mol. The van der Waals surface area contributed by atoms with Gasteiger partial charge in [-0.05, 0) is 55.4 Å². The van der Waals surface area contributed by atoms with Crippen molar-refractivity contribution in [3.63, 3.8) is 0 Å². The fourth-order valence-electron chi connectivity index (χ4n) is 3.07. The molecule has 0 atom stereocenters. The SMILES string of the molecule is O=C(COc1ccc(-c2ccccc2)cc1)NCCC1=CCCCC1. The summed E-state index contributed by atoms with van der Waals surface area (Å²) in [6.07, 6.45) is 8.22. The number of nitrogens with one attached hydrogen (secondary N) is 1. The summed E-state index contributed by atoms with van der Waals surface area (Å²) in [5, 5.41) is 2.93. The van der Waals surface area contributed by atoms with Gasteiger partial charge >= 0.3 is 0 Å². The van der Waals surface area contributed by atoms with Crippen LogP contribution < -0.4 is 10.1 Å². The first-order chi connectivity index (χ1) is 12.3. The van der Waals surface area contributed by atoms with Crippen LogP contribution in [0.5, 0.6) is 5.75 Å². The van der Waals surface area contributed by atoms with E-state index < -0.39 is 0 Å². The molecule has 0 bridgehead atoms. The molecule has 3 nitrogen and oxygen atoms in total. The van der Waals surface area contributed by atoms with Crippen LogP contribution in [-0.4, -0.2) is 19.1 Å². The van der Waals surface area contributed by atoms with Crippen LogP contribution in [0, 0.1) is 0 Å². The lowest BCUT2D eigenvalue weighted by atomic mass is 9.97. The summed E-state index contributed by atoms with van der Waals surface area (Å²) >= 11 is 0. The summed E-state index contributed by atoms with van der Waals surface area (Å²) in [5.74, 6) is 0.647. The van der Waals surface area contributed by atoms with Gasteiger partial charge < -0.3 is 10.1 Å². The maximum Gasteiger partial charge on any atom is 0.257 e. The normalized spacial score (nSPS) is 13.8. The van der Waals surface area contributed by atoms with Crippen molar-refractivity contribution in [2.75, 3.05) is 13.2 Å². The third-order valence-corrected chi connectivity index (χ3v) is 4.48. The molecule has 0 unspecified atom stereocenters. The quantitative estimate of drug-likeness (QED) is 0.742. The van der Waals surface area contributed by atoms with Crippen molar-refractivity contribution in [3.05, 3.63) is 66.2 Å². The molecule has 1 amide bonds.